The lowest BCUT2D eigenvalue weighted by molar-refractivity contribution is -0.137. The van der Waals surface area contributed by atoms with Crippen molar-refractivity contribution in [2.45, 2.75) is 43.3 Å². The third-order valence-corrected chi connectivity index (χ3v) is 7.88. The van der Waals surface area contributed by atoms with E-state index in [1.165, 1.54) is 28.8 Å². The average molecular weight is 477 g/mol. The van der Waals surface area contributed by atoms with Crippen molar-refractivity contribution in [1.29, 1.82) is 0 Å². The van der Waals surface area contributed by atoms with Crippen LogP contribution in [0.25, 0.3) is 10.9 Å². The fourth-order valence-electron chi connectivity index (χ4n) is 5.52. The van der Waals surface area contributed by atoms with Gasteiger partial charge in [0.15, 0.2) is 0 Å². The lowest BCUT2D eigenvalue weighted by Gasteiger charge is -2.40. The third-order valence-electron chi connectivity index (χ3n) is 7.31. The number of fused-ring (bicyclic) bond motifs is 2. The van der Waals surface area contributed by atoms with Gasteiger partial charge in [0.05, 0.1) is 16.9 Å². The van der Waals surface area contributed by atoms with Crippen LogP contribution in [-0.4, -0.2) is 45.7 Å². The number of carbonyl (C=O) groups is 2. The van der Waals surface area contributed by atoms with Crippen LogP contribution in [0, 0.1) is 5.82 Å². The van der Waals surface area contributed by atoms with Gasteiger partial charge in [0, 0.05) is 56.2 Å². The first-order chi connectivity index (χ1) is 16.5. The number of rotatable bonds is 4. The molecule has 2 atom stereocenters. The fraction of sp³-hybridized carbons (Fsp3) is 0.346. The van der Waals surface area contributed by atoms with Crippen LogP contribution in [0.4, 0.5) is 4.39 Å². The number of imide groups is 1. The fourth-order valence-corrected chi connectivity index (χ4v) is 6.00. The van der Waals surface area contributed by atoms with Gasteiger partial charge < -0.3 is 0 Å². The summed E-state index contributed by atoms with van der Waals surface area (Å²) in [4.78, 5) is 32.7. The van der Waals surface area contributed by atoms with Gasteiger partial charge in [-0.05, 0) is 46.9 Å². The van der Waals surface area contributed by atoms with Gasteiger partial charge in [-0.1, -0.05) is 18.2 Å². The van der Waals surface area contributed by atoms with Crippen LogP contribution in [-0.2, 0) is 22.7 Å². The topological polar surface area (TPSA) is 65.5 Å². The summed E-state index contributed by atoms with van der Waals surface area (Å²) in [6.45, 7) is 3.40. The monoisotopic (exact) mass is 476 g/mol. The molecule has 4 heterocycles. The smallest absolute Gasteiger partial charge is 0.243 e. The molecule has 6 rings (SSSR count). The molecule has 0 saturated carbocycles. The highest BCUT2D eigenvalue weighted by molar-refractivity contribution is 7.80. The van der Waals surface area contributed by atoms with Gasteiger partial charge in [-0.3, -0.25) is 29.7 Å². The number of carbonyl (C=O) groups excluding carboxylic acids is 2. The van der Waals surface area contributed by atoms with Gasteiger partial charge in [-0.25, -0.2) is 4.39 Å². The van der Waals surface area contributed by atoms with E-state index in [1.54, 1.807) is 6.20 Å². The van der Waals surface area contributed by atoms with Crippen LogP contribution in [0.3, 0.4) is 0 Å². The van der Waals surface area contributed by atoms with Crippen molar-refractivity contribution < 1.29 is 14.0 Å². The van der Waals surface area contributed by atoms with Gasteiger partial charge in [-0.2, -0.15) is 12.6 Å². The normalized spacial score (nSPS) is 23.7. The van der Waals surface area contributed by atoms with E-state index in [4.69, 9.17) is 12.6 Å². The number of nitrogens with one attached hydrogen (secondary N) is 1. The Hall–Kier alpha value is -2.81. The number of likely N-dealkylation sites (tertiary alicyclic amines) is 1. The maximum absolute atomic E-state index is 13.6. The number of thiol groups is 1. The molecule has 0 bridgehead atoms. The summed E-state index contributed by atoms with van der Waals surface area (Å²) >= 11 is 4.83. The minimum absolute atomic E-state index is 0.161. The molecule has 8 heteroatoms. The highest BCUT2D eigenvalue weighted by Gasteiger charge is 2.39. The standard InChI is InChI=1S/C26H25FN4O2S/c27-18-3-4-20-19(7-8-28-22(20)10-18)17-12-30(13-17)11-15-1-2-16-14-31(26(34)21(16)9-15)23-5-6-24(32)29-25(23)33/h1-4,7-10,17,23,26,34H,5-6,11-14H2,(H,29,32,33). The van der Waals surface area contributed by atoms with E-state index in [2.05, 4.69) is 38.3 Å². The van der Waals surface area contributed by atoms with Crippen LogP contribution >= 0.6 is 12.6 Å². The molecule has 174 valence electrons. The summed E-state index contributed by atoms with van der Waals surface area (Å²) in [5, 5.41) is 3.32. The molecule has 1 N–H and O–H groups in total. The Balaban J connectivity index is 1.12. The van der Waals surface area contributed by atoms with Crippen LogP contribution in [0.5, 0.6) is 0 Å². The van der Waals surface area contributed by atoms with Crippen LogP contribution in [0.15, 0.2) is 48.7 Å². The summed E-state index contributed by atoms with van der Waals surface area (Å²) in [5.41, 5.74) is 5.48. The molecule has 3 aromatic rings. The van der Waals surface area contributed by atoms with Crippen molar-refractivity contribution in [3.8, 4) is 0 Å². The Kier molecular flexibility index (Phi) is 5.39. The summed E-state index contributed by atoms with van der Waals surface area (Å²) < 4.78 is 13.6. The summed E-state index contributed by atoms with van der Waals surface area (Å²) in [7, 11) is 0. The molecule has 3 aliphatic rings. The van der Waals surface area contributed by atoms with Gasteiger partial charge in [0.1, 0.15) is 5.82 Å². The Morgan fingerprint density at radius 1 is 1.09 bits per heavy atom. The van der Waals surface area contributed by atoms with E-state index in [9.17, 15) is 14.0 Å². The third kappa shape index (κ3) is 3.79. The second-order valence-electron chi connectivity index (χ2n) is 9.50. The molecule has 3 aliphatic heterocycles. The molecule has 2 fully saturated rings. The number of piperidine rings is 1. The molecule has 2 unspecified atom stereocenters. The minimum Gasteiger partial charge on any atom is -0.298 e. The Morgan fingerprint density at radius 2 is 1.94 bits per heavy atom. The molecule has 34 heavy (non-hydrogen) atoms. The molecule has 0 radical (unpaired) electrons. The highest BCUT2D eigenvalue weighted by atomic mass is 32.1. The maximum atomic E-state index is 13.6. The number of halogens is 1. The van der Waals surface area contributed by atoms with Crippen molar-refractivity contribution in [2.75, 3.05) is 13.1 Å². The summed E-state index contributed by atoms with van der Waals surface area (Å²) in [6.07, 6.45) is 2.67. The Bertz CT molecular complexity index is 1310. The Morgan fingerprint density at radius 3 is 2.76 bits per heavy atom. The lowest BCUT2D eigenvalue weighted by atomic mass is 9.88. The number of hydrogen-bond acceptors (Lipinski definition) is 6. The van der Waals surface area contributed by atoms with Crippen molar-refractivity contribution in [3.63, 3.8) is 0 Å². The van der Waals surface area contributed by atoms with Gasteiger partial charge in [-0.15, -0.1) is 0 Å². The van der Waals surface area contributed by atoms with Crippen molar-refractivity contribution in [3.05, 3.63) is 76.7 Å². The van der Waals surface area contributed by atoms with E-state index in [0.29, 0.717) is 30.8 Å². The second-order valence-corrected chi connectivity index (χ2v) is 9.99. The average Bonchev–Trinajstić information content (AvgIpc) is 3.11. The maximum Gasteiger partial charge on any atom is 0.243 e. The SMILES string of the molecule is O=C1CCC(N2Cc3ccc(CN4CC(c5ccnc6cc(F)ccc56)C4)cc3C2S)C(=O)N1. The Labute approximate surface area is 202 Å². The predicted molar refractivity (Wildman–Crippen MR) is 130 cm³/mol. The first kappa shape index (κ1) is 21.7. The van der Waals surface area contributed by atoms with Gasteiger partial charge >= 0.3 is 0 Å². The zero-order valence-corrected chi connectivity index (χ0v) is 19.5. The number of hydrogen-bond donors (Lipinski definition) is 2. The first-order valence-corrected chi connectivity index (χ1v) is 12.1. The molecular weight excluding hydrogens is 451 g/mol. The van der Waals surface area contributed by atoms with Crippen LogP contribution in [0.1, 0.15) is 46.4 Å². The van der Waals surface area contributed by atoms with E-state index in [1.807, 2.05) is 12.1 Å². The number of benzene rings is 2. The zero-order valence-electron chi connectivity index (χ0n) is 18.6. The molecule has 0 spiro atoms. The molecule has 2 amide bonds. The van der Waals surface area contributed by atoms with Crippen molar-refractivity contribution >= 4 is 35.3 Å². The quantitative estimate of drug-likeness (QED) is 0.446. The van der Waals surface area contributed by atoms with E-state index < -0.39 is 0 Å². The lowest BCUT2D eigenvalue weighted by Crippen LogP contribution is -2.51. The zero-order chi connectivity index (χ0) is 23.4. The number of nitrogens with zero attached hydrogens (tertiary/aromatic N) is 3. The number of aromatic nitrogens is 1. The van der Waals surface area contributed by atoms with Gasteiger partial charge in [0.2, 0.25) is 11.8 Å². The van der Waals surface area contributed by atoms with E-state index in [0.717, 1.165) is 30.6 Å². The first-order valence-electron chi connectivity index (χ1n) is 11.6. The van der Waals surface area contributed by atoms with Crippen molar-refractivity contribution in [2.24, 2.45) is 0 Å². The second kappa shape index (κ2) is 8.45. The molecule has 2 saturated heterocycles. The van der Waals surface area contributed by atoms with Gasteiger partial charge in [0.25, 0.3) is 0 Å². The molecule has 2 aromatic carbocycles. The minimum atomic E-state index is -0.323. The highest BCUT2D eigenvalue weighted by Crippen LogP contribution is 2.40. The van der Waals surface area contributed by atoms with Crippen molar-refractivity contribution in [1.82, 2.24) is 20.1 Å². The molecule has 6 nitrogen and oxygen atoms in total. The largest absolute Gasteiger partial charge is 0.298 e. The predicted octanol–water partition coefficient (Wildman–Crippen LogP) is 3.52. The summed E-state index contributed by atoms with van der Waals surface area (Å²) in [6, 6.07) is 13.1. The number of amides is 2. The van der Waals surface area contributed by atoms with Crippen LogP contribution < -0.4 is 5.32 Å². The summed E-state index contributed by atoms with van der Waals surface area (Å²) in [5.74, 6) is -0.272. The molecule has 1 aromatic heterocycles. The van der Waals surface area contributed by atoms with E-state index in [-0.39, 0.29) is 29.0 Å². The number of pyridine rings is 1. The van der Waals surface area contributed by atoms with E-state index >= 15 is 0 Å². The van der Waals surface area contributed by atoms with Crippen LogP contribution in [0.2, 0.25) is 0 Å². The molecular formula is C26H25FN4O2S. The molecule has 0 aliphatic carbocycles.